The van der Waals surface area contributed by atoms with Gasteiger partial charge in [0.2, 0.25) is 0 Å². The predicted molar refractivity (Wildman–Crippen MR) is 80.8 cm³/mol. The van der Waals surface area contributed by atoms with Gasteiger partial charge in [-0.25, -0.2) is 0 Å². The monoisotopic (exact) mass is 281 g/mol. The van der Waals surface area contributed by atoms with E-state index in [1.807, 2.05) is 0 Å². The smallest absolute Gasteiger partial charge is 0.0687 e. The van der Waals surface area contributed by atoms with Gasteiger partial charge in [0.25, 0.3) is 0 Å². The van der Waals surface area contributed by atoms with Crippen molar-refractivity contribution in [1.29, 1.82) is 0 Å². The number of hydrogen-bond acceptors (Lipinski definition) is 3. The number of ether oxygens (including phenoxy) is 1. The second kappa shape index (κ2) is 5.94. The van der Waals surface area contributed by atoms with Crippen LogP contribution in [0.1, 0.15) is 77.6 Å². The van der Waals surface area contributed by atoms with Crippen LogP contribution in [0, 0.1) is 0 Å². The van der Waals surface area contributed by atoms with Gasteiger partial charge in [0, 0.05) is 12.5 Å². The second-order valence-corrected chi connectivity index (χ2v) is 7.43. The van der Waals surface area contributed by atoms with Gasteiger partial charge in [-0.1, -0.05) is 19.8 Å². The zero-order chi connectivity index (χ0) is 14.1. The molecular formula is C17H31NO2. The van der Waals surface area contributed by atoms with Gasteiger partial charge in [-0.05, 0) is 57.9 Å². The van der Waals surface area contributed by atoms with Gasteiger partial charge >= 0.3 is 0 Å². The molecule has 1 spiro atoms. The van der Waals surface area contributed by atoms with Crippen LogP contribution in [-0.4, -0.2) is 35.0 Å². The lowest BCUT2D eigenvalue weighted by atomic mass is 9.78. The van der Waals surface area contributed by atoms with E-state index < -0.39 is 5.60 Å². The third kappa shape index (κ3) is 3.20. The van der Waals surface area contributed by atoms with Gasteiger partial charge in [-0.15, -0.1) is 0 Å². The second-order valence-electron chi connectivity index (χ2n) is 7.43. The number of rotatable bonds is 4. The lowest BCUT2D eigenvalue weighted by molar-refractivity contribution is -0.0883. The molecule has 1 saturated heterocycles. The van der Waals surface area contributed by atoms with E-state index in [1.54, 1.807) is 0 Å². The molecule has 3 aliphatic rings. The topological polar surface area (TPSA) is 41.5 Å². The van der Waals surface area contributed by atoms with Crippen molar-refractivity contribution < 1.29 is 9.84 Å². The summed E-state index contributed by atoms with van der Waals surface area (Å²) in [5.74, 6) is 0. The molecule has 0 aromatic rings. The van der Waals surface area contributed by atoms with E-state index in [2.05, 4.69) is 12.2 Å². The molecule has 3 heteroatoms. The molecular weight excluding hydrogens is 250 g/mol. The molecule has 0 bridgehead atoms. The van der Waals surface area contributed by atoms with Gasteiger partial charge < -0.3 is 15.2 Å². The third-order valence-corrected chi connectivity index (χ3v) is 5.87. The van der Waals surface area contributed by atoms with Crippen LogP contribution in [0.2, 0.25) is 0 Å². The molecule has 1 unspecified atom stereocenters. The van der Waals surface area contributed by atoms with Crippen LogP contribution >= 0.6 is 0 Å². The van der Waals surface area contributed by atoms with Gasteiger partial charge in [0.05, 0.1) is 17.3 Å². The Kier molecular flexibility index (Phi) is 4.40. The molecule has 2 N–H and O–H groups in total. The van der Waals surface area contributed by atoms with E-state index in [0.717, 1.165) is 38.6 Å². The molecule has 0 amide bonds. The maximum atomic E-state index is 10.8. The Morgan fingerprint density at radius 2 is 1.75 bits per heavy atom. The fourth-order valence-corrected chi connectivity index (χ4v) is 4.70. The Labute approximate surface area is 123 Å². The Hall–Kier alpha value is -0.120. The zero-order valence-electron chi connectivity index (χ0n) is 13.0. The fourth-order valence-electron chi connectivity index (χ4n) is 4.70. The summed E-state index contributed by atoms with van der Waals surface area (Å²) >= 11 is 0. The molecule has 3 fully saturated rings. The maximum absolute atomic E-state index is 10.8. The Bertz CT molecular complexity index is 317. The van der Waals surface area contributed by atoms with E-state index >= 15 is 0 Å². The number of aliphatic hydroxyl groups is 1. The molecule has 0 aromatic heterocycles. The minimum Gasteiger partial charge on any atom is -0.390 e. The standard InChI is InChI=1S/C17H31NO2/c1-2-18-14-5-10-16(19,11-6-14)13-15-7-12-17(20-15)8-3-4-9-17/h14-15,18-19H,2-13H2,1H3. The maximum Gasteiger partial charge on any atom is 0.0687 e. The van der Waals surface area contributed by atoms with Crippen LogP contribution in [0.5, 0.6) is 0 Å². The lowest BCUT2D eigenvalue weighted by Crippen LogP contribution is -2.43. The fraction of sp³-hybridized carbons (Fsp3) is 1.00. The van der Waals surface area contributed by atoms with Crippen molar-refractivity contribution >= 4 is 0 Å². The van der Waals surface area contributed by atoms with Crippen molar-refractivity contribution in [2.75, 3.05) is 6.54 Å². The van der Waals surface area contributed by atoms with Gasteiger partial charge in [0.1, 0.15) is 0 Å². The van der Waals surface area contributed by atoms with E-state index in [9.17, 15) is 5.11 Å². The molecule has 116 valence electrons. The summed E-state index contributed by atoms with van der Waals surface area (Å²) in [5, 5.41) is 14.4. The average molecular weight is 281 g/mol. The summed E-state index contributed by atoms with van der Waals surface area (Å²) < 4.78 is 6.38. The summed E-state index contributed by atoms with van der Waals surface area (Å²) in [6.07, 6.45) is 12.9. The molecule has 20 heavy (non-hydrogen) atoms. The summed E-state index contributed by atoms with van der Waals surface area (Å²) in [6.45, 7) is 3.20. The van der Waals surface area contributed by atoms with E-state index in [-0.39, 0.29) is 5.60 Å². The molecule has 1 atom stereocenters. The number of nitrogens with one attached hydrogen (secondary N) is 1. The number of hydrogen-bond donors (Lipinski definition) is 2. The Balaban J connectivity index is 1.48. The molecule has 2 aliphatic carbocycles. The van der Waals surface area contributed by atoms with Crippen molar-refractivity contribution in [3.8, 4) is 0 Å². The summed E-state index contributed by atoms with van der Waals surface area (Å²) in [5.41, 5.74) is -0.247. The van der Waals surface area contributed by atoms with E-state index in [4.69, 9.17) is 4.74 Å². The van der Waals surface area contributed by atoms with Crippen molar-refractivity contribution in [3.05, 3.63) is 0 Å². The molecule has 1 aliphatic heterocycles. The predicted octanol–water partition coefficient (Wildman–Crippen LogP) is 3.15. The molecule has 3 rings (SSSR count). The highest BCUT2D eigenvalue weighted by Gasteiger charge is 2.45. The highest BCUT2D eigenvalue weighted by molar-refractivity contribution is 4.96. The first-order valence-electron chi connectivity index (χ1n) is 8.77. The normalized spacial score (nSPS) is 40.5. The zero-order valence-corrected chi connectivity index (χ0v) is 13.0. The molecule has 3 nitrogen and oxygen atoms in total. The van der Waals surface area contributed by atoms with Gasteiger partial charge in [-0.3, -0.25) is 0 Å². The van der Waals surface area contributed by atoms with Gasteiger partial charge in [0.15, 0.2) is 0 Å². The molecule has 0 aromatic carbocycles. The van der Waals surface area contributed by atoms with Gasteiger partial charge in [-0.2, -0.15) is 0 Å². The van der Waals surface area contributed by atoms with Crippen molar-refractivity contribution in [3.63, 3.8) is 0 Å². The van der Waals surface area contributed by atoms with E-state index in [1.165, 1.54) is 38.5 Å². The van der Waals surface area contributed by atoms with Crippen LogP contribution in [0.15, 0.2) is 0 Å². The first-order valence-corrected chi connectivity index (χ1v) is 8.77. The van der Waals surface area contributed by atoms with Crippen LogP contribution in [-0.2, 0) is 4.74 Å². The molecule has 2 saturated carbocycles. The summed E-state index contributed by atoms with van der Waals surface area (Å²) in [4.78, 5) is 0. The summed E-state index contributed by atoms with van der Waals surface area (Å²) in [6, 6.07) is 0.617. The quantitative estimate of drug-likeness (QED) is 0.832. The Morgan fingerprint density at radius 3 is 2.40 bits per heavy atom. The first-order chi connectivity index (χ1) is 9.63. The SMILES string of the molecule is CCNC1CCC(O)(CC2CCC3(CCCC3)O2)CC1. The molecule has 1 heterocycles. The third-order valence-electron chi connectivity index (χ3n) is 5.87. The highest BCUT2D eigenvalue weighted by Crippen LogP contribution is 2.46. The first kappa shape index (κ1) is 14.8. The van der Waals surface area contributed by atoms with Crippen molar-refractivity contribution in [2.24, 2.45) is 0 Å². The largest absolute Gasteiger partial charge is 0.390 e. The minimum absolute atomic E-state index is 0.210. The lowest BCUT2D eigenvalue weighted by Gasteiger charge is -2.38. The van der Waals surface area contributed by atoms with E-state index in [0.29, 0.717) is 12.1 Å². The molecule has 0 radical (unpaired) electrons. The van der Waals surface area contributed by atoms with Crippen molar-refractivity contribution in [1.82, 2.24) is 5.32 Å². The van der Waals surface area contributed by atoms with Crippen LogP contribution in [0.4, 0.5) is 0 Å². The Morgan fingerprint density at radius 1 is 1.05 bits per heavy atom. The average Bonchev–Trinajstić information content (AvgIpc) is 3.04. The highest BCUT2D eigenvalue weighted by atomic mass is 16.5. The summed E-state index contributed by atoms with van der Waals surface area (Å²) in [7, 11) is 0. The van der Waals surface area contributed by atoms with Crippen molar-refractivity contribution in [2.45, 2.75) is 101 Å². The van der Waals surface area contributed by atoms with Crippen LogP contribution in [0.25, 0.3) is 0 Å². The van der Waals surface area contributed by atoms with Crippen LogP contribution in [0.3, 0.4) is 0 Å². The minimum atomic E-state index is -0.458. The van der Waals surface area contributed by atoms with Crippen LogP contribution < -0.4 is 5.32 Å².